The molecule has 4 bridgehead atoms. The molecular formula is C23H30N2O3. The molecular weight excluding hydrogens is 352 g/mol. The van der Waals surface area contributed by atoms with Crippen molar-refractivity contribution in [1.29, 1.82) is 0 Å². The van der Waals surface area contributed by atoms with Crippen LogP contribution in [0.3, 0.4) is 0 Å². The Balaban J connectivity index is 1.45. The average molecular weight is 383 g/mol. The van der Waals surface area contributed by atoms with Crippen molar-refractivity contribution in [3.63, 3.8) is 0 Å². The van der Waals surface area contributed by atoms with E-state index in [4.69, 9.17) is 4.74 Å². The summed E-state index contributed by atoms with van der Waals surface area (Å²) in [5.41, 5.74) is 0.579. The van der Waals surface area contributed by atoms with Gasteiger partial charge in [0.05, 0.1) is 24.6 Å². The van der Waals surface area contributed by atoms with Crippen molar-refractivity contribution in [3.05, 3.63) is 35.9 Å². The zero-order chi connectivity index (χ0) is 19.7. The van der Waals surface area contributed by atoms with E-state index in [2.05, 4.69) is 24.0 Å². The predicted octanol–water partition coefficient (Wildman–Crippen LogP) is 3.64. The quantitative estimate of drug-likeness (QED) is 0.750. The van der Waals surface area contributed by atoms with Gasteiger partial charge >= 0.3 is 12.0 Å². The lowest BCUT2D eigenvalue weighted by Crippen LogP contribution is -2.61. The van der Waals surface area contributed by atoms with Crippen LogP contribution in [0.2, 0.25) is 0 Å². The van der Waals surface area contributed by atoms with E-state index in [9.17, 15) is 9.59 Å². The number of hydrogen-bond acceptors (Lipinski definition) is 3. The van der Waals surface area contributed by atoms with Gasteiger partial charge in [0.15, 0.2) is 0 Å². The molecule has 2 amide bonds. The van der Waals surface area contributed by atoms with Gasteiger partial charge in [-0.1, -0.05) is 30.3 Å². The van der Waals surface area contributed by atoms with Crippen LogP contribution < -0.4 is 0 Å². The molecule has 5 fully saturated rings. The molecule has 5 aliphatic rings. The third kappa shape index (κ3) is 2.31. The van der Waals surface area contributed by atoms with Crippen LogP contribution in [-0.2, 0) is 15.1 Å². The van der Waals surface area contributed by atoms with Gasteiger partial charge in [0, 0.05) is 13.1 Å². The summed E-state index contributed by atoms with van der Waals surface area (Å²) in [5, 5.41) is 0. The van der Waals surface area contributed by atoms with Crippen LogP contribution >= 0.6 is 0 Å². The summed E-state index contributed by atoms with van der Waals surface area (Å²) in [7, 11) is 3.45. The maximum atomic E-state index is 13.3. The SMILES string of the molecule is COC(=O)C12CC3CC(C1)C(N1CC(C)(c4ccccc4)N(C)C1=O)C(C3)C2. The van der Waals surface area contributed by atoms with Crippen molar-refractivity contribution in [1.82, 2.24) is 9.80 Å². The number of amides is 2. The fraction of sp³-hybridized carbons (Fsp3) is 0.652. The van der Waals surface area contributed by atoms with Gasteiger partial charge in [-0.05, 0) is 62.3 Å². The fourth-order valence-electron chi connectivity index (χ4n) is 7.20. The zero-order valence-electron chi connectivity index (χ0n) is 17.1. The van der Waals surface area contributed by atoms with Crippen LogP contribution in [0, 0.1) is 23.2 Å². The van der Waals surface area contributed by atoms with Gasteiger partial charge in [-0.15, -0.1) is 0 Å². The lowest BCUT2D eigenvalue weighted by Gasteiger charge is -2.60. The number of rotatable bonds is 3. The standard InChI is InChI=1S/C23H30N2O3/c1-22(18-7-5-4-6-8-18)14-25(21(27)24(22)2)19-16-9-15-10-17(19)13-23(11-15,12-16)20(26)28-3/h4-8,15-17,19H,9-14H2,1-3H3. The minimum absolute atomic E-state index is 0.0238. The van der Waals surface area contributed by atoms with Crippen LogP contribution in [0.15, 0.2) is 30.3 Å². The number of carbonyl (C=O) groups is 2. The third-order valence-electron chi connectivity index (χ3n) is 8.35. The summed E-state index contributed by atoms with van der Waals surface area (Å²) in [6.45, 7) is 2.89. The van der Waals surface area contributed by atoms with Crippen LogP contribution in [-0.4, -0.2) is 48.5 Å². The molecule has 0 N–H and O–H groups in total. The first-order valence-electron chi connectivity index (χ1n) is 10.6. The van der Waals surface area contributed by atoms with Crippen molar-refractivity contribution < 1.29 is 14.3 Å². The monoisotopic (exact) mass is 382 g/mol. The predicted molar refractivity (Wildman–Crippen MR) is 105 cm³/mol. The number of nitrogens with zero attached hydrogens (tertiary/aromatic N) is 2. The van der Waals surface area contributed by atoms with E-state index in [0.717, 1.165) is 38.6 Å². The topological polar surface area (TPSA) is 49.9 Å². The highest BCUT2D eigenvalue weighted by Crippen LogP contribution is 2.62. The molecule has 6 rings (SSSR count). The highest BCUT2D eigenvalue weighted by Gasteiger charge is 2.62. The Morgan fingerprint density at radius 3 is 2.36 bits per heavy atom. The molecule has 3 unspecified atom stereocenters. The zero-order valence-corrected chi connectivity index (χ0v) is 17.1. The molecule has 5 nitrogen and oxygen atoms in total. The Kier molecular flexibility index (Phi) is 3.85. The van der Waals surface area contributed by atoms with Gasteiger partial charge in [-0.25, -0.2) is 4.79 Å². The van der Waals surface area contributed by atoms with E-state index >= 15 is 0 Å². The minimum Gasteiger partial charge on any atom is -0.469 e. The van der Waals surface area contributed by atoms with Crippen molar-refractivity contribution >= 4 is 12.0 Å². The van der Waals surface area contributed by atoms with Gasteiger partial charge < -0.3 is 14.5 Å². The Morgan fingerprint density at radius 1 is 1.11 bits per heavy atom. The van der Waals surface area contributed by atoms with Gasteiger partial charge in [0.2, 0.25) is 0 Å². The van der Waals surface area contributed by atoms with Crippen molar-refractivity contribution in [2.24, 2.45) is 23.2 Å². The Bertz CT molecular complexity index is 793. The van der Waals surface area contributed by atoms with Gasteiger partial charge in [0.25, 0.3) is 0 Å². The summed E-state index contributed by atoms with van der Waals surface area (Å²) in [5.74, 6) is 1.43. The van der Waals surface area contributed by atoms with Crippen LogP contribution in [0.4, 0.5) is 4.79 Å². The fourth-order valence-corrected chi connectivity index (χ4v) is 7.20. The van der Waals surface area contributed by atoms with Crippen molar-refractivity contribution in [2.75, 3.05) is 20.7 Å². The smallest absolute Gasteiger partial charge is 0.320 e. The second-order valence-electron chi connectivity index (χ2n) is 9.84. The van der Waals surface area contributed by atoms with Crippen molar-refractivity contribution in [3.8, 4) is 0 Å². The van der Waals surface area contributed by atoms with Crippen LogP contribution in [0.25, 0.3) is 0 Å². The molecule has 150 valence electrons. The number of hydrogen-bond donors (Lipinski definition) is 0. The molecule has 1 aromatic rings. The van der Waals surface area contributed by atoms with Gasteiger partial charge in [-0.2, -0.15) is 0 Å². The van der Waals surface area contributed by atoms with Crippen molar-refractivity contribution in [2.45, 2.75) is 50.6 Å². The maximum Gasteiger partial charge on any atom is 0.320 e. The summed E-state index contributed by atoms with van der Waals surface area (Å²) in [6, 6.07) is 10.7. The molecule has 0 spiro atoms. The largest absolute Gasteiger partial charge is 0.469 e. The van der Waals surface area contributed by atoms with Gasteiger partial charge in [0.1, 0.15) is 0 Å². The maximum absolute atomic E-state index is 13.3. The Labute approximate surface area is 167 Å². The first-order valence-corrected chi connectivity index (χ1v) is 10.6. The normalized spacial score (nSPS) is 41.6. The second kappa shape index (κ2) is 5.98. The van der Waals surface area contributed by atoms with Crippen LogP contribution in [0.5, 0.6) is 0 Å². The molecule has 1 aromatic carbocycles. The molecule has 1 saturated heterocycles. The summed E-state index contributed by atoms with van der Waals surface area (Å²) in [6.07, 6.45) is 5.04. The lowest BCUT2D eigenvalue weighted by atomic mass is 9.47. The number of benzene rings is 1. The summed E-state index contributed by atoms with van der Waals surface area (Å²) in [4.78, 5) is 30.0. The first kappa shape index (κ1) is 18.0. The van der Waals surface area contributed by atoms with E-state index in [-0.39, 0.29) is 29.0 Å². The molecule has 1 heterocycles. The minimum atomic E-state index is -0.312. The molecule has 3 atom stereocenters. The molecule has 4 saturated carbocycles. The number of likely N-dealkylation sites (N-methyl/N-ethyl adjacent to an activating group) is 1. The molecule has 28 heavy (non-hydrogen) atoms. The molecule has 0 aromatic heterocycles. The lowest BCUT2D eigenvalue weighted by molar-refractivity contribution is -0.174. The third-order valence-corrected chi connectivity index (χ3v) is 8.35. The van der Waals surface area contributed by atoms with E-state index in [1.165, 1.54) is 12.7 Å². The summed E-state index contributed by atoms with van der Waals surface area (Å²) < 4.78 is 5.20. The Hall–Kier alpha value is -2.04. The van der Waals surface area contributed by atoms with Crippen LogP contribution in [0.1, 0.15) is 44.6 Å². The second-order valence-corrected chi connectivity index (χ2v) is 9.84. The van der Waals surface area contributed by atoms with E-state index in [1.807, 2.05) is 30.1 Å². The molecule has 5 heteroatoms. The first-order chi connectivity index (χ1) is 13.4. The number of methoxy groups -OCH3 is 1. The molecule has 0 radical (unpaired) electrons. The number of esters is 1. The number of carbonyl (C=O) groups excluding carboxylic acids is 2. The number of ether oxygens (including phenoxy) is 1. The molecule has 1 aliphatic heterocycles. The summed E-state index contributed by atoms with van der Waals surface area (Å²) >= 11 is 0. The van der Waals surface area contributed by atoms with E-state index in [1.54, 1.807) is 0 Å². The molecule has 4 aliphatic carbocycles. The Morgan fingerprint density at radius 2 is 1.75 bits per heavy atom. The average Bonchev–Trinajstić information content (AvgIpc) is 2.92. The van der Waals surface area contributed by atoms with Gasteiger partial charge in [-0.3, -0.25) is 4.79 Å². The highest BCUT2D eigenvalue weighted by molar-refractivity contribution is 5.80. The van der Waals surface area contributed by atoms with E-state index < -0.39 is 0 Å². The van der Waals surface area contributed by atoms with E-state index in [0.29, 0.717) is 17.8 Å². The highest BCUT2D eigenvalue weighted by atomic mass is 16.5. The number of urea groups is 1.